The van der Waals surface area contributed by atoms with Gasteiger partial charge in [-0.1, -0.05) is 18.2 Å². The quantitative estimate of drug-likeness (QED) is 0.712. The molecule has 0 fully saturated rings. The smallest absolute Gasteiger partial charge is 0.0883 e. The van der Waals surface area contributed by atoms with Crippen molar-refractivity contribution in [3.8, 4) is 0 Å². The van der Waals surface area contributed by atoms with Crippen LogP contribution in [0.3, 0.4) is 0 Å². The number of ether oxygens (including phenoxy) is 1. The topological polar surface area (TPSA) is 29.5 Å². The second kappa shape index (κ2) is 2.82. The number of aliphatic hydroxyl groups excluding tert-OH is 1. The number of rotatable bonds is 1. The molecule has 0 unspecified atom stereocenters. The molecule has 1 aromatic rings. The van der Waals surface area contributed by atoms with E-state index in [1.54, 1.807) is 0 Å². The van der Waals surface area contributed by atoms with Crippen LogP contribution in [0.25, 0.3) is 0 Å². The van der Waals surface area contributed by atoms with Crippen LogP contribution in [0.4, 0.5) is 0 Å². The van der Waals surface area contributed by atoms with Crippen molar-refractivity contribution in [2.75, 3.05) is 0 Å². The summed E-state index contributed by atoms with van der Waals surface area (Å²) in [5.74, 6) is 0. The van der Waals surface area contributed by atoms with E-state index in [1.165, 1.54) is 11.1 Å². The number of aliphatic hydroxyl groups is 1. The maximum atomic E-state index is 8.96. The van der Waals surface area contributed by atoms with Crippen LogP contribution in [0.15, 0.2) is 18.2 Å². The Kier molecular flexibility index (Phi) is 1.90. The van der Waals surface area contributed by atoms with Crippen molar-refractivity contribution >= 4 is 0 Å². The first-order valence-electron chi connectivity index (χ1n) is 4.50. The maximum Gasteiger partial charge on any atom is 0.0883 e. The molecule has 2 rings (SSSR count). The second-order valence-corrected chi connectivity index (χ2v) is 3.95. The molecule has 0 bridgehead atoms. The average molecular weight is 178 g/mol. The van der Waals surface area contributed by atoms with E-state index in [4.69, 9.17) is 9.84 Å². The predicted molar refractivity (Wildman–Crippen MR) is 50.2 cm³/mol. The summed E-state index contributed by atoms with van der Waals surface area (Å²) in [4.78, 5) is 0. The molecule has 13 heavy (non-hydrogen) atoms. The Morgan fingerprint density at radius 2 is 2.23 bits per heavy atom. The molecule has 0 aromatic heterocycles. The van der Waals surface area contributed by atoms with Crippen molar-refractivity contribution in [2.24, 2.45) is 0 Å². The normalized spacial score (nSPS) is 18.7. The van der Waals surface area contributed by atoms with Crippen LogP contribution in [0.1, 0.15) is 30.5 Å². The molecular formula is C11H14O2. The fraction of sp³-hybridized carbons (Fsp3) is 0.455. The Morgan fingerprint density at radius 1 is 1.46 bits per heavy atom. The van der Waals surface area contributed by atoms with Gasteiger partial charge in [0.25, 0.3) is 0 Å². The van der Waals surface area contributed by atoms with Gasteiger partial charge in [-0.25, -0.2) is 0 Å². The summed E-state index contributed by atoms with van der Waals surface area (Å²) in [6, 6.07) is 6.02. The van der Waals surface area contributed by atoms with Gasteiger partial charge < -0.3 is 9.84 Å². The van der Waals surface area contributed by atoms with Gasteiger partial charge in [0.1, 0.15) is 0 Å². The molecule has 0 saturated carbocycles. The molecule has 1 heterocycles. The lowest BCUT2D eigenvalue weighted by Gasteiger charge is -2.18. The van der Waals surface area contributed by atoms with Crippen LogP contribution in [0.2, 0.25) is 0 Å². The summed E-state index contributed by atoms with van der Waals surface area (Å²) in [5.41, 5.74) is 3.24. The summed E-state index contributed by atoms with van der Waals surface area (Å²) in [6.45, 7) is 4.90. The molecule has 1 aliphatic heterocycles. The third-order valence-electron chi connectivity index (χ3n) is 2.59. The highest BCUT2D eigenvalue weighted by Crippen LogP contribution is 2.35. The SMILES string of the molecule is CC1(C)OCc2cc(CO)ccc21. The van der Waals surface area contributed by atoms with Gasteiger partial charge in [-0.05, 0) is 30.5 Å². The number of fused-ring (bicyclic) bond motifs is 1. The Balaban J connectivity index is 2.46. The average Bonchev–Trinajstić information content (AvgIpc) is 2.42. The van der Waals surface area contributed by atoms with Gasteiger partial charge in [0, 0.05) is 0 Å². The largest absolute Gasteiger partial charge is 0.392 e. The van der Waals surface area contributed by atoms with E-state index in [9.17, 15) is 0 Å². The Bertz CT molecular complexity index is 329. The number of benzene rings is 1. The summed E-state index contributed by atoms with van der Waals surface area (Å²) in [5, 5.41) is 8.96. The highest BCUT2D eigenvalue weighted by Gasteiger charge is 2.30. The summed E-state index contributed by atoms with van der Waals surface area (Å²) >= 11 is 0. The summed E-state index contributed by atoms with van der Waals surface area (Å²) in [6.07, 6.45) is 0. The van der Waals surface area contributed by atoms with E-state index < -0.39 is 0 Å². The molecule has 1 aliphatic rings. The van der Waals surface area contributed by atoms with Gasteiger partial charge in [0.15, 0.2) is 0 Å². The Labute approximate surface area is 78.2 Å². The van der Waals surface area contributed by atoms with E-state index in [1.807, 2.05) is 18.2 Å². The summed E-state index contributed by atoms with van der Waals surface area (Å²) in [7, 11) is 0. The van der Waals surface area contributed by atoms with E-state index in [0.717, 1.165) is 5.56 Å². The standard InChI is InChI=1S/C11H14O2/c1-11(2)10-4-3-8(6-12)5-9(10)7-13-11/h3-5,12H,6-7H2,1-2H3. The zero-order chi connectivity index (χ0) is 9.47. The molecule has 1 aromatic carbocycles. The maximum absolute atomic E-state index is 8.96. The molecule has 0 radical (unpaired) electrons. The lowest BCUT2D eigenvalue weighted by atomic mass is 9.95. The lowest BCUT2D eigenvalue weighted by molar-refractivity contribution is -0.00789. The number of hydrogen-bond acceptors (Lipinski definition) is 2. The van der Waals surface area contributed by atoms with Crippen molar-refractivity contribution < 1.29 is 9.84 Å². The molecule has 2 nitrogen and oxygen atoms in total. The van der Waals surface area contributed by atoms with Crippen LogP contribution in [0.5, 0.6) is 0 Å². The molecule has 0 atom stereocenters. The fourth-order valence-corrected chi connectivity index (χ4v) is 1.79. The fourth-order valence-electron chi connectivity index (χ4n) is 1.79. The minimum absolute atomic E-state index is 0.105. The van der Waals surface area contributed by atoms with Crippen molar-refractivity contribution in [1.29, 1.82) is 0 Å². The molecule has 0 saturated heterocycles. The van der Waals surface area contributed by atoms with E-state index >= 15 is 0 Å². The molecule has 0 amide bonds. The van der Waals surface area contributed by atoms with Crippen molar-refractivity contribution in [1.82, 2.24) is 0 Å². The molecule has 2 heteroatoms. The van der Waals surface area contributed by atoms with E-state index in [2.05, 4.69) is 13.8 Å². The van der Waals surface area contributed by atoms with Crippen LogP contribution < -0.4 is 0 Å². The number of hydrogen-bond donors (Lipinski definition) is 1. The molecule has 0 spiro atoms. The van der Waals surface area contributed by atoms with Crippen LogP contribution >= 0.6 is 0 Å². The van der Waals surface area contributed by atoms with Gasteiger partial charge in [-0.3, -0.25) is 0 Å². The predicted octanol–water partition coefficient (Wildman–Crippen LogP) is 1.94. The minimum Gasteiger partial charge on any atom is -0.392 e. The van der Waals surface area contributed by atoms with Crippen molar-refractivity contribution in [2.45, 2.75) is 32.7 Å². The first kappa shape index (κ1) is 8.73. The first-order chi connectivity index (χ1) is 6.13. The van der Waals surface area contributed by atoms with Gasteiger partial charge >= 0.3 is 0 Å². The third kappa shape index (κ3) is 1.36. The first-order valence-corrected chi connectivity index (χ1v) is 4.50. The lowest BCUT2D eigenvalue weighted by Crippen LogP contribution is -2.14. The highest BCUT2D eigenvalue weighted by molar-refractivity contribution is 5.37. The van der Waals surface area contributed by atoms with E-state index in [0.29, 0.717) is 6.61 Å². The van der Waals surface area contributed by atoms with Crippen LogP contribution in [0, 0.1) is 0 Å². The summed E-state index contributed by atoms with van der Waals surface area (Å²) < 4.78 is 5.63. The highest BCUT2D eigenvalue weighted by atomic mass is 16.5. The third-order valence-corrected chi connectivity index (χ3v) is 2.59. The van der Waals surface area contributed by atoms with Gasteiger partial charge in [0.05, 0.1) is 18.8 Å². The second-order valence-electron chi connectivity index (χ2n) is 3.95. The van der Waals surface area contributed by atoms with E-state index in [-0.39, 0.29) is 12.2 Å². The Morgan fingerprint density at radius 3 is 2.92 bits per heavy atom. The monoisotopic (exact) mass is 178 g/mol. The molecular weight excluding hydrogens is 164 g/mol. The van der Waals surface area contributed by atoms with Gasteiger partial charge in [0.2, 0.25) is 0 Å². The van der Waals surface area contributed by atoms with Crippen LogP contribution in [-0.2, 0) is 23.6 Å². The molecule has 0 aliphatic carbocycles. The minimum atomic E-state index is -0.163. The van der Waals surface area contributed by atoms with Gasteiger partial charge in [-0.15, -0.1) is 0 Å². The zero-order valence-electron chi connectivity index (χ0n) is 8.00. The molecule has 70 valence electrons. The Hall–Kier alpha value is -0.860. The van der Waals surface area contributed by atoms with Crippen molar-refractivity contribution in [3.63, 3.8) is 0 Å². The molecule has 1 N–H and O–H groups in total. The van der Waals surface area contributed by atoms with Crippen molar-refractivity contribution in [3.05, 3.63) is 34.9 Å². The zero-order valence-corrected chi connectivity index (χ0v) is 8.00. The van der Waals surface area contributed by atoms with Gasteiger partial charge in [-0.2, -0.15) is 0 Å². The van der Waals surface area contributed by atoms with Crippen LogP contribution in [-0.4, -0.2) is 5.11 Å².